The fourth-order valence-corrected chi connectivity index (χ4v) is 1.89. The molecule has 0 bridgehead atoms. The van der Waals surface area contributed by atoms with E-state index in [1.807, 2.05) is 12.1 Å². The molecule has 94 valence electrons. The van der Waals surface area contributed by atoms with Gasteiger partial charge in [-0.25, -0.2) is 0 Å². The summed E-state index contributed by atoms with van der Waals surface area (Å²) >= 11 is 0. The van der Waals surface area contributed by atoms with Gasteiger partial charge >= 0.3 is 0 Å². The van der Waals surface area contributed by atoms with Crippen LogP contribution in [0.15, 0.2) is 24.3 Å². The van der Waals surface area contributed by atoms with Crippen LogP contribution in [0.1, 0.15) is 6.92 Å². The Kier molecular flexibility index (Phi) is 4.23. The van der Waals surface area contributed by atoms with Crippen LogP contribution >= 0.6 is 0 Å². The van der Waals surface area contributed by atoms with Gasteiger partial charge in [0.1, 0.15) is 12.4 Å². The van der Waals surface area contributed by atoms with Crippen molar-refractivity contribution in [3.05, 3.63) is 24.3 Å². The molecular formula is C13H20N2O2. The number of aliphatic hydroxyl groups excluding tert-OH is 1. The molecule has 17 heavy (non-hydrogen) atoms. The summed E-state index contributed by atoms with van der Waals surface area (Å²) in [4.78, 5) is 2.36. The number of hydrogen-bond donors (Lipinski definition) is 2. The highest BCUT2D eigenvalue weighted by Crippen LogP contribution is 2.19. The maximum Gasteiger partial charge on any atom is 0.119 e. The molecule has 1 atom stereocenters. The van der Waals surface area contributed by atoms with Crippen LogP contribution in [-0.4, -0.2) is 44.0 Å². The predicted molar refractivity (Wildman–Crippen MR) is 68.7 cm³/mol. The second-order valence-electron chi connectivity index (χ2n) is 4.39. The fourth-order valence-electron chi connectivity index (χ4n) is 1.89. The molecule has 4 nitrogen and oxygen atoms in total. The van der Waals surface area contributed by atoms with E-state index in [4.69, 9.17) is 9.84 Å². The lowest BCUT2D eigenvalue weighted by molar-refractivity contribution is 0.123. The molecule has 0 aromatic heterocycles. The van der Waals surface area contributed by atoms with E-state index in [2.05, 4.69) is 22.3 Å². The molecule has 1 saturated heterocycles. The maximum absolute atomic E-state index is 9.13. The van der Waals surface area contributed by atoms with Crippen LogP contribution in [-0.2, 0) is 0 Å². The summed E-state index contributed by atoms with van der Waals surface area (Å²) in [6, 6.07) is 8.06. The summed E-state index contributed by atoms with van der Waals surface area (Å²) in [7, 11) is 0. The summed E-state index contributed by atoms with van der Waals surface area (Å²) in [6.45, 7) is 6.24. The molecule has 2 rings (SSSR count). The topological polar surface area (TPSA) is 44.7 Å². The van der Waals surface area contributed by atoms with Crippen molar-refractivity contribution in [2.75, 3.05) is 37.7 Å². The number of rotatable bonds is 4. The Hall–Kier alpha value is -1.26. The number of anilines is 1. The van der Waals surface area contributed by atoms with Gasteiger partial charge in [0, 0.05) is 31.9 Å². The summed E-state index contributed by atoms with van der Waals surface area (Å²) in [5.41, 5.74) is 1.23. The highest BCUT2D eigenvalue weighted by molar-refractivity contribution is 5.49. The molecule has 0 radical (unpaired) electrons. The quantitative estimate of drug-likeness (QED) is 0.813. The molecule has 1 aromatic rings. The Bertz CT molecular complexity index is 332. The first-order valence-electron chi connectivity index (χ1n) is 6.12. The van der Waals surface area contributed by atoms with Gasteiger partial charge in [0.05, 0.1) is 6.10 Å². The van der Waals surface area contributed by atoms with Crippen molar-refractivity contribution < 1.29 is 9.84 Å². The highest BCUT2D eigenvalue weighted by Gasteiger charge is 2.10. The second-order valence-corrected chi connectivity index (χ2v) is 4.39. The van der Waals surface area contributed by atoms with Gasteiger partial charge in [-0.2, -0.15) is 0 Å². The molecule has 0 amide bonds. The van der Waals surface area contributed by atoms with Gasteiger partial charge in [-0.15, -0.1) is 0 Å². The van der Waals surface area contributed by atoms with Gasteiger partial charge in [-0.3, -0.25) is 0 Å². The van der Waals surface area contributed by atoms with Crippen molar-refractivity contribution in [2.45, 2.75) is 13.0 Å². The van der Waals surface area contributed by atoms with E-state index in [1.54, 1.807) is 6.92 Å². The highest BCUT2D eigenvalue weighted by atomic mass is 16.5. The van der Waals surface area contributed by atoms with Crippen LogP contribution in [0.4, 0.5) is 5.69 Å². The molecule has 1 unspecified atom stereocenters. The van der Waals surface area contributed by atoms with Crippen LogP contribution in [0.5, 0.6) is 5.75 Å². The van der Waals surface area contributed by atoms with Crippen molar-refractivity contribution >= 4 is 5.69 Å². The Balaban J connectivity index is 1.92. The molecule has 1 aliphatic rings. The first-order chi connectivity index (χ1) is 8.25. The molecule has 1 aromatic carbocycles. The van der Waals surface area contributed by atoms with Gasteiger partial charge < -0.3 is 20.1 Å². The molecule has 0 aliphatic carbocycles. The summed E-state index contributed by atoms with van der Waals surface area (Å²) < 4.78 is 5.43. The summed E-state index contributed by atoms with van der Waals surface area (Å²) in [5.74, 6) is 0.810. The lowest BCUT2D eigenvalue weighted by Gasteiger charge is -2.29. The zero-order valence-corrected chi connectivity index (χ0v) is 10.2. The minimum absolute atomic E-state index is 0.340. The Morgan fingerprint density at radius 3 is 2.53 bits per heavy atom. The average molecular weight is 236 g/mol. The van der Waals surface area contributed by atoms with E-state index in [9.17, 15) is 0 Å². The third-order valence-electron chi connectivity index (χ3n) is 2.81. The molecule has 0 saturated carbocycles. The molecule has 0 spiro atoms. The average Bonchev–Trinajstić information content (AvgIpc) is 2.38. The Labute approximate surface area is 102 Å². The number of nitrogens with zero attached hydrogens (tertiary/aromatic N) is 1. The van der Waals surface area contributed by atoms with Crippen molar-refractivity contribution in [3.8, 4) is 5.75 Å². The Morgan fingerprint density at radius 2 is 1.94 bits per heavy atom. The van der Waals surface area contributed by atoms with E-state index in [0.717, 1.165) is 31.9 Å². The molecular weight excluding hydrogens is 216 g/mol. The lowest BCUT2D eigenvalue weighted by Crippen LogP contribution is -2.43. The normalized spacial score (nSPS) is 17.9. The minimum atomic E-state index is -0.428. The monoisotopic (exact) mass is 236 g/mol. The number of nitrogens with one attached hydrogen (secondary N) is 1. The zero-order valence-electron chi connectivity index (χ0n) is 10.2. The van der Waals surface area contributed by atoms with Gasteiger partial charge in [-0.05, 0) is 31.2 Å². The van der Waals surface area contributed by atoms with Gasteiger partial charge in [0.2, 0.25) is 0 Å². The second kappa shape index (κ2) is 5.89. The predicted octanol–water partition coefficient (Wildman–Crippen LogP) is 0.856. The standard InChI is InChI=1S/C13H20N2O2/c1-11(16)10-17-13-4-2-12(3-5-13)15-8-6-14-7-9-15/h2-5,11,14,16H,6-10H2,1H3. The van der Waals surface area contributed by atoms with Crippen LogP contribution in [0.2, 0.25) is 0 Å². The molecule has 1 aliphatic heterocycles. The van der Waals surface area contributed by atoms with E-state index < -0.39 is 6.10 Å². The molecule has 1 heterocycles. The number of ether oxygens (including phenoxy) is 1. The summed E-state index contributed by atoms with van der Waals surface area (Å²) in [6.07, 6.45) is -0.428. The third-order valence-corrected chi connectivity index (χ3v) is 2.81. The number of piperazine rings is 1. The van der Waals surface area contributed by atoms with E-state index in [1.165, 1.54) is 5.69 Å². The number of hydrogen-bond acceptors (Lipinski definition) is 4. The largest absolute Gasteiger partial charge is 0.491 e. The van der Waals surface area contributed by atoms with Crippen molar-refractivity contribution in [1.82, 2.24) is 5.32 Å². The van der Waals surface area contributed by atoms with E-state index in [0.29, 0.717) is 6.61 Å². The first-order valence-corrected chi connectivity index (χ1v) is 6.12. The van der Waals surface area contributed by atoms with Crippen LogP contribution in [0, 0.1) is 0 Å². The van der Waals surface area contributed by atoms with Gasteiger partial charge in [0.15, 0.2) is 0 Å². The minimum Gasteiger partial charge on any atom is -0.491 e. The van der Waals surface area contributed by atoms with Crippen LogP contribution in [0.25, 0.3) is 0 Å². The smallest absolute Gasteiger partial charge is 0.119 e. The van der Waals surface area contributed by atoms with Crippen molar-refractivity contribution in [1.29, 1.82) is 0 Å². The van der Waals surface area contributed by atoms with Crippen LogP contribution in [0.3, 0.4) is 0 Å². The Morgan fingerprint density at radius 1 is 1.29 bits per heavy atom. The molecule has 2 N–H and O–H groups in total. The van der Waals surface area contributed by atoms with Crippen LogP contribution < -0.4 is 15.0 Å². The first kappa shape index (κ1) is 12.2. The van der Waals surface area contributed by atoms with E-state index >= 15 is 0 Å². The fraction of sp³-hybridized carbons (Fsp3) is 0.538. The van der Waals surface area contributed by atoms with Crippen molar-refractivity contribution in [3.63, 3.8) is 0 Å². The molecule has 4 heteroatoms. The van der Waals surface area contributed by atoms with Crippen molar-refractivity contribution in [2.24, 2.45) is 0 Å². The zero-order chi connectivity index (χ0) is 12.1. The lowest BCUT2D eigenvalue weighted by atomic mass is 10.2. The van der Waals surface area contributed by atoms with E-state index in [-0.39, 0.29) is 0 Å². The SMILES string of the molecule is CC(O)COc1ccc(N2CCNCC2)cc1. The molecule has 1 fully saturated rings. The third kappa shape index (κ3) is 3.61. The summed E-state index contributed by atoms with van der Waals surface area (Å²) in [5, 5.41) is 12.5. The number of aliphatic hydroxyl groups is 1. The van der Waals surface area contributed by atoms with Gasteiger partial charge in [-0.1, -0.05) is 0 Å². The number of benzene rings is 1. The maximum atomic E-state index is 9.13. The van der Waals surface area contributed by atoms with Gasteiger partial charge in [0.25, 0.3) is 0 Å².